The minimum absolute atomic E-state index is 0.310. The predicted octanol–water partition coefficient (Wildman–Crippen LogP) is 2.88. The van der Waals surface area contributed by atoms with Gasteiger partial charge >= 0.3 is 5.97 Å². The van der Waals surface area contributed by atoms with Gasteiger partial charge in [0.2, 0.25) is 0 Å². The lowest BCUT2D eigenvalue weighted by molar-refractivity contribution is -0.156. The van der Waals surface area contributed by atoms with Crippen molar-refractivity contribution < 1.29 is 19.1 Å². The molecule has 138 valence electrons. The van der Waals surface area contributed by atoms with Crippen molar-refractivity contribution >= 4 is 11.9 Å². The van der Waals surface area contributed by atoms with E-state index in [4.69, 9.17) is 14.7 Å². The van der Waals surface area contributed by atoms with E-state index < -0.39 is 12.1 Å². The Kier molecular flexibility index (Phi) is 7.69. The molecule has 0 radical (unpaired) electrons. The highest BCUT2D eigenvalue weighted by molar-refractivity contribution is 5.83. The number of para-hydroxylation sites is 1. The highest BCUT2D eigenvalue weighted by Crippen LogP contribution is 2.19. The van der Waals surface area contributed by atoms with Crippen LogP contribution in [-0.4, -0.2) is 31.1 Å². The molecule has 1 atom stereocenters. The van der Waals surface area contributed by atoms with Gasteiger partial charge in [0.25, 0.3) is 5.91 Å². The van der Waals surface area contributed by atoms with Crippen molar-refractivity contribution in [3.63, 3.8) is 0 Å². The maximum atomic E-state index is 12.0. The number of nitrogens with one attached hydrogen (secondary N) is 1. The van der Waals surface area contributed by atoms with Gasteiger partial charge in [-0.25, -0.2) is 4.79 Å². The average molecular weight is 356 g/mol. The van der Waals surface area contributed by atoms with Crippen LogP contribution < -0.4 is 10.1 Å². The van der Waals surface area contributed by atoms with Crippen LogP contribution in [0.1, 0.15) is 44.6 Å². The first kappa shape index (κ1) is 19.5. The van der Waals surface area contributed by atoms with Crippen LogP contribution >= 0.6 is 0 Å². The Labute approximate surface area is 153 Å². The number of amides is 1. The Morgan fingerprint density at radius 2 is 2.12 bits per heavy atom. The number of nitrogens with zero attached hydrogens (tertiary/aromatic N) is 1. The number of carbonyl (C=O) groups excluding carboxylic acids is 2. The van der Waals surface area contributed by atoms with E-state index in [1.165, 1.54) is 25.3 Å². The second-order valence-corrected chi connectivity index (χ2v) is 6.18. The monoisotopic (exact) mass is 356 g/mol. The summed E-state index contributed by atoms with van der Waals surface area (Å²) in [7, 11) is 0. The molecule has 1 aromatic carbocycles. The van der Waals surface area contributed by atoms with Crippen LogP contribution in [0.5, 0.6) is 5.75 Å². The molecule has 6 heteroatoms. The molecular weight excluding hydrogens is 332 g/mol. The van der Waals surface area contributed by atoms with Gasteiger partial charge in [0.05, 0.1) is 5.56 Å². The molecule has 1 amide bonds. The summed E-state index contributed by atoms with van der Waals surface area (Å²) in [5.74, 6) is -0.674. The Hall–Kier alpha value is -2.81. The minimum Gasteiger partial charge on any atom is -0.481 e. The number of allylic oxidation sites excluding steroid dienone is 1. The maximum Gasteiger partial charge on any atom is 0.344 e. The normalized spacial score (nSPS) is 14.5. The zero-order valence-electron chi connectivity index (χ0n) is 15.0. The summed E-state index contributed by atoms with van der Waals surface area (Å²) in [5.41, 5.74) is 1.72. The molecule has 0 bridgehead atoms. The molecule has 1 aliphatic carbocycles. The standard InChI is InChI=1S/C20H24N2O4/c1-15(20(24)22-12-11-16-7-3-2-4-8-16)26-19(23)14-25-18-10-6-5-9-17(18)13-21/h5-7,9-10,15H,2-4,8,11-12,14H2,1H3,(H,22,24)/t15-/m1/s1. The van der Waals surface area contributed by atoms with Gasteiger partial charge in [0, 0.05) is 6.54 Å². The number of hydrogen-bond acceptors (Lipinski definition) is 5. The van der Waals surface area contributed by atoms with E-state index in [-0.39, 0.29) is 12.5 Å². The molecule has 1 aliphatic rings. The van der Waals surface area contributed by atoms with E-state index in [1.807, 2.05) is 6.07 Å². The number of rotatable bonds is 8. The number of ether oxygens (including phenoxy) is 2. The third-order valence-electron chi connectivity index (χ3n) is 4.16. The summed E-state index contributed by atoms with van der Waals surface area (Å²) in [6, 6.07) is 8.59. The number of nitriles is 1. The van der Waals surface area contributed by atoms with E-state index in [0.29, 0.717) is 17.9 Å². The van der Waals surface area contributed by atoms with Crippen molar-refractivity contribution in [3.8, 4) is 11.8 Å². The third kappa shape index (κ3) is 6.25. The van der Waals surface area contributed by atoms with E-state index >= 15 is 0 Å². The zero-order chi connectivity index (χ0) is 18.8. The van der Waals surface area contributed by atoms with Crippen LogP contribution in [0.3, 0.4) is 0 Å². The van der Waals surface area contributed by atoms with Crippen molar-refractivity contribution in [2.45, 2.75) is 45.1 Å². The second kappa shape index (κ2) is 10.2. The third-order valence-corrected chi connectivity index (χ3v) is 4.16. The number of hydrogen-bond donors (Lipinski definition) is 1. The van der Waals surface area contributed by atoms with Crippen molar-refractivity contribution in [2.24, 2.45) is 0 Å². The summed E-state index contributed by atoms with van der Waals surface area (Å²) >= 11 is 0. The lowest BCUT2D eigenvalue weighted by atomic mass is 9.97. The molecule has 0 aromatic heterocycles. The first-order chi connectivity index (χ1) is 12.6. The molecule has 1 N–H and O–H groups in total. The van der Waals surface area contributed by atoms with Crippen LogP contribution in [0.25, 0.3) is 0 Å². The molecule has 26 heavy (non-hydrogen) atoms. The van der Waals surface area contributed by atoms with Crippen molar-refractivity contribution in [1.29, 1.82) is 5.26 Å². The largest absolute Gasteiger partial charge is 0.481 e. The summed E-state index contributed by atoms with van der Waals surface area (Å²) in [4.78, 5) is 23.8. The number of esters is 1. The van der Waals surface area contributed by atoms with Gasteiger partial charge in [-0.05, 0) is 51.2 Å². The molecule has 2 rings (SSSR count). The summed E-state index contributed by atoms with van der Waals surface area (Å²) < 4.78 is 10.4. The molecule has 0 spiro atoms. The summed E-state index contributed by atoms with van der Waals surface area (Å²) in [6.07, 6.45) is 6.86. The van der Waals surface area contributed by atoms with Crippen LogP contribution in [-0.2, 0) is 14.3 Å². The highest BCUT2D eigenvalue weighted by Gasteiger charge is 2.18. The molecule has 0 unspecified atom stereocenters. The van der Waals surface area contributed by atoms with Gasteiger partial charge < -0.3 is 14.8 Å². The number of benzene rings is 1. The maximum absolute atomic E-state index is 12.0. The quantitative estimate of drug-likeness (QED) is 0.571. The smallest absolute Gasteiger partial charge is 0.344 e. The van der Waals surface area contributed by atoms with Gasteiger partial charge in [0.1, 0.15) is 11.8 Å². The van der Waals surface area contributed by atoms with Gasteiger partial charge in [-0.2, -0.15) is 5.26 Å². The molecule has 0 fully saturated rings. The highest BCUT2D eigenvalue weighted by atomic mass is 16.6. The molecule has 6 nitrogen and oxygen atoms in total. The predicted molar refractivity (Wildman–Crippen MR) is 96.4 cm³/mol. The average Bonchev–Trinajstić information content (AvgIpc) is 2.67. The SMILES string of the molecule is C[C@@H](OC(=O)COc1ccccc1C#N)C(=O)NCCC1=CCCCC1. The first-order valence-electron chi connectivity index (χ1n) is 8.87. The molecule has 0 saturated heterocycles. The van der Waals surface area contributed by atoms with E-state index in [9.17, 15) is 9.59 Å². The molecule has 0 heterocycles. The van der Waals surface area contributed by atoms with Crippen LogP contribution in [0.15, 0.2) is 35.9 Å². The first-order valence-corrected chi connectivity index (χ1v) is 8.87. The van der Waals surface area contributed by atoms with Crippen LogP contribution in [0.4, 0.5) is 0 Å². The molecule has 1 aromatic rings. The molecule has 0 saturated carbocycles. The number of carbonyl (C=O) groups is 2. The van der Waals surface area contributed by atoms with Crippen molar-refractivity contribution in [2.75, 3.05) is 13.2 Å². The van der Waals surface area contributed by atoms with Crippen molar-refractivity contribution in [3.05, 3.63) is 41.5 Å². The van der Waals surface area contributed by atoms with E-state index in [1.54, 1.807) is 24.3 Å². The lowest BCUT2D eigenvalue weighted by Gasteiger charge is -2.16. The van der Waals surface area contributed by atoms with Gasteiger partial charge in [-0.3, -0.25) is 4.79 Å². The Bertz CT molecular complexity index is 706. The van der Waals surface area contributed by atoms with E-state index in [2.05, 4.69) is 11.4 Å². The fraction of sp³-hybridized carbons (Fsp3) is 0.450. The molecular formula is C20H24N2O4. The Morgan fingerprint density at radius 1 is 1.31 bits per heavy atom. The Balaban J connectivity index is 1.69. The lowest BCUT2D eigenvalue weighted by Crippen LogP contribution is -2.37. The summed E-state index contributed by atoms with van der Waals surface area (Å²) in [5, 5.41) is 11.8. The fourth-order valence-electron chi connectivity index (χ4n) is 2.73. The van der Waals surface area contributed by atoms with Crippen LogP contribution in [0.2, 0.25) is 0 Å². The van der Waals surface area contributed by atoms with Crippen molar-refractivity contribution in [1.82, 2.24) is 5.32 Å². The summed E-state index contributed by atoms with van der Waals surface area (Å²) in [6.45, 7) is 1.71. The zero-order valence-corrected chi connectivity index (χ0v) is 15.0. The van der Waals surface area contributed by atoms with Gasteiger partial charge in [-0.1, -0.05) is 23.8 Å². The molecule has 0 aliphatic heterocycles. The van der Waals surface area contributed by atoms with Gasteiger partial charge in [-0.15, -0.1) is 0 Å². The Morgan fingerprint density at radius 3 is 2.85 bits per heavy atom. The van der Waals surface area contributed by atoms with Gasteiger partial charge in [0.15, 0.2) is 12.7 Å². The second-order valence-electron chi connectivity index (χ2n) is 6.18. The topological polar surface area (TPSA) is 88.4 Å². The minimum atomic E-state index is -0.891. The van der Waals surface area contributed by atoms with E-state index in [0.717, 1.165) is 19.3 Å². The fourth-order valence-corrected chi connectivity index (χ4v) is 2.73. The van der Waals surface area contributed by atoms with Crippen LogP contribution in [0, 0.1) is 11.3 Å².